The number of phenolic OH excluding ortho intramolecular Hbond substituents is 1. The molecule has 6 heteroatoms. The van der Waals surface area contributed by atoms with E-state index in [1.165, 1.54) is 4.90 Å². The largest absolute Gasteiger partial charge is 0.506 e. The quantitative estimate of drug-likeness (QED) is 0.721. The number of carbonyl (C=O) groups excluding carboxylic acids is 1. The molecule has 0 aliphatic carbocycles. The number of quaternary nitrogens is 1. The highest BCUT2D eigenvalue weighted by Crippen LogP contribution is 2.26. The molecule has 1 aliphatic heterocycles. The number of rotatable bonds is 6. The molecule has 3 N–H and O–H groups in total. The van der Waals surface area contributed by atoms with Crippen LogP contribution in [0.5, 0.6) is 11.5 Å². The molecule has 0 radical (unpaired) electrons. The minimum Gasteiger partial charge on any atom is -0.506 e. The molecule has 27 heavy (non-hydrogen) atoms. The van der Waals surface area contributed by atoms with Crippen molar-refractivity contribution in [1.29, 1.82) is 0 Å². The number of nitrogens with zero attached hydrogens (tertiary/aromatic N) is 1. The molecule has 0 saturated carbocycles. The number of phenols is 1. The molecule has 1 saturated heterocycles. The summed E-state index contributed by atoms with van der Waals surface area (Å²) < 4.78 is 5.59. The lowest BCUT2D eigenvalue weighted by Crippen LogP contribution is -3.19. The summed E-state index contributed by atoms with van der Waals surface area (Å²) in [5.41, 5.74) is 1.57. The van der Waals surface area contributed by atoms with Crippen LogP contribution in [0.1, 0.15) is 13.8 Å². The lowest BCUT2D eigenvalue weighted by Gasteiger charge is -2.36. The van der Waals surface area contributed by atoms with Crippen molar-refractivity contribution in [3.63, 3.8) is 0 Å². The smallest absolute Gasteiger partial charge is 0.282 e. The minimum absolute atomic E-state index is 0.00633. The van der Waals surface area contributed by atoms with E-state index in [-0.39, 0.29) is 11.9 Å². The van der Waals surface area contributed by atoms with Crippen LogP contribution < -0.4 is 19.9 Å². The van der Waals surface area contributed by atoms with Crippen LogP contribution >= 0.6 is 0 Å². The average molecular weight is 370 g/mol. The third-order valence-corrected chi connectivity index (χ3v) is 5.08. The van der Waals surface area contributed by atoms with Gasteiger partial charge in [0.25, 0.3) is 5.91 Å². The third-order valence-electron chi connectivity index (χ3n) is 5.08. The first-order chi connectivity index (χ1) is 13.1. The van der Waals surface area contributed by atoms with Gasteiger partial charge in [-0.3, -0.25) is 4.79 Å². The molecule has 1 atom stereocenters. The highest BCUT2D eigenvalue weighted by atomic mass is 16.5. The van der Waals surface area contributed by atoms with Crippen molar-refractivity contribution in [3.05, 3.63) is 48.5 Å². The maximum atomic E-state index is 12.7. The van der Waals surface area contributed by atoms with E-state index < -0.39 is 0 Å². The Labute approximate surface area is 160 Å². The van der Waals surface area contributed by atoms with E-state index in [9.17, 15) is 9.90 Å². The molecule has 0 bridgehead atoms. The Morgan fingerprint density at radius 3 is 2.56 bits per heavy atom. The number of anilines is 2. The Kier molecular flexibility index (Phi) is 6.19. The van der Waals surface area contributed by atoms with E-state index in [0.29, 0.717) is 23.8 Å². The van der Waals surface area contributed by atoms with Gasteiger partial charge in [-0.1, -0.05) is 24.3 Å². The molecular weight excluding hydrogens is 342 g/mol. The highest BCUT2D eigenvalue weighted by molar-refractivity contribution is 5.94. The zero-order valence-electron chi connectivity index (χ0n) is 15.9. The lowest BCUT2D eigenvalue weighted by atomic mass is 10.2. The molecule has 1 amide bonds. The summed E-state index contributed by atoms with van der Waals surface area (Å²) in [6, 6.07) is 14.7. The lowest BCUT2D eigenvalue weighted by molar-refractivity contribution is -0.914. The monoisotopic (exact) mass is 370 g/mol. The summed E-state index contributed by atoms with van der Waals surface area (Å²) in [5.74, 6) is 0.993. The second-order valence-electron chi connectivity index (χ2n) is 6.77. The third kappa shape index (κ3) is 4.52. The Balaban J connectivity index is 1.58. The van der Waals surface area contributed by atoms with Gasteiger partial charge in [0.2, 0.25) is 0 Å². The maximum absolute atomic E-state index is 12.7. The van der Waals surface area contributed by atoms with Gasteiger partial charge in [-0.05, 0) is 38.1 Å². The molecule has 1 aliphatic rings. The second kappa shape index (κ2) is 8.77. The Morgan fingerprint density at radius 2 is 1.85 bits per heavy atom. The number of hydrogen-bond donors (Lipinski definition) is 3. The molecule has 1 heterocycles. The fraction of sp³-hybridized carbons (Fsp3) is 0.381. The van der Waals surface area contributed by atoms with E-state index >= 15 is 0 Å². The molecule has 0 spiro atoms. The number of benzene rings is 2. The van der Waals surface area contributed by atoms with E-state index in [1.807, 2.05) is 56.3 Å². The van der Waals surface area contributed by atoms with Gasteiger partial charge in [0.1, 0.15) is 11.5 Å². The zero-order chi connectivity index (χ0) is 19.2. The average Bonchev–Trinajstić information content (AvgIpc) is 2.69. The van der Waals surface area contributed by atoms with Gasteiger partial charge < -0.3 is 25.0 Å². The van der Waals surface area contributed by atoms with E-state index in [4.69, 9.17) is 4.74 Å². The van der Waals surface area contributed by atoms with Crippen molar-refractivity contribution in [2.24, 2.45) is 0 Å². The Hall–Kier alpha value is -2.73. The number of ether oxygens (including phenoxy) is 1. The van der Waals surface area contributed by atoms with Gasteiger partial charge in [-0.2, -0.15) is 0 Å². The summed E-state index contributed by atoms with van der Waals surface area (Å²) in [7, 11) is 0. The van der Waals surface area contributed by atoms with Crippen molar-refractivity contribution in [2.45, 2.75) is 19.9 Å². The van der Waals surface area contributed by atoms with E-state index in [0.717, 1.165) is 31.9 Å². The molecule has 0 aromatic heterocycles. The van der Waals surface area contributed by atoms with Crippen LogP contribution in [0.15, 0.2) is 48.5 Å². The van der Waals surface area contributed by atoms with Crippen LogP contribution in [-0.4, -0.2) is 49.8 Å². The predicted octanol–water partition coefficient (Wildman–Crippen LogP) is 1.52. The highest BCUT2D eigenvalue weighted by Gasteiger charge is 2.30. The molecule has 3 rings (SSSR count). The predicted molar refractivity (Wildman–Crippen MR) is 107 cm³/mol. The normalized spacial score (nSPS) is 16.0. The molecule has 144 valence electrons. The minimum atomic E-state index is -0.161. The molecule has 0 unspecified atom stereocenters. The number of piperazine rings is 1. The van der Waals surface area contributed by atoms with E-state index in [2.05, 4.69) is 10.2 Å². The number of hydrogen-bond acceptors (Lipinski definition) is 4. The van der Waals surface area contributed by atoms with Crippen LogP contribution in [0.4, 0.5) is 11.4 Å². The Bertz CT molecular complexity index is 773. The molecule has 1 fully saturated rings. The number of nitrogens with one attached hydrogen (secondary N) is 2. The number of aromatic hydroxyl groups is 1. The van der Waals surface area contributed by atoms with Gasteiger partial charge in [0.15, 0.2) is 6.04 Å². The van der Waals surface area contributed by atoms with E-state index in [1.54, 1.807) is 6.07 Å². The second-order valence-corrected chi connectivity index (χ2v) is 6.77. The molecule has 2 aromatic rings. The summed E-state index contributed by atoms with van der Waals surface area (Å²) in [4.78, 5) is 16.2. The number of amides is 1. The van der Waals surface area contributed by atoms with Crippen molar-refractivity contribution < 1.29 is 19.5 Å². The maximum Gasteiger partial charge on any atom is 0.282 e. The molecule has 6 nitrogen and oxygen atoms in total. The van der Waals surface area contributed by atoms with Crippen molar-refractivity contribution in [2.75, 3.05) is 43.0 Å². The molecule has 2 aromatic carbocycles. The summed E-state index contributed by atoms with van der Waals surface area (Å²) in [5, 5.41) is 13.0. The van der Waals surface area contributed by atoms with Gasteiger partial charge in [0.05, 0.1) is 44.2 Å². The summed E-state index contributed by atoms with van der Waals surface area (Å²) in [6.45, 7) is 7.74. The topological polar surface area (TPSA) is 66.2 Å². The zero-order valence-corrected chi connectivity index (χ0v) is 15.9. The van der Waals surface area contributed by atoms with Crippen LogP contribution in [0, 0.1) is 0 Å². The SMILES string of the molecule is CCOc1ccccc1NC(=O)[C@H](C)[NH+]1CCN(c2ccccc2O)CC1. The first kappa shape index (κ1) is 19.0. The summed E-state index contributed by atoms with van der Waals surface area (Å²) in [6.07, 6.45) is 0. The van der Waals surface area contributed by atoms with Crippen molar-refractivity contribution >= 4 is 17.3 Å². The first-order valence-corrected chi connectivity index (χ1v) is 9.50. The standard InChI is InChI=1S/C21H27N3O3/c1-3-27-20-11-7-4-8-17(20)22-21(26)16(2)23-12-14-24(15-13-23)18-9-5-6-10-19(18)25/h4-11,16,25H,3,12-15H2,1-2H3,(H,22,26)/p+1/t16-/m0/s1. The van der Waals surface area contributed by atoms with Crippen LogP contribution in [0.2, 0.25) is 0 Å². The molecular formula is C21H28N3O3+. The van der Waals surface area contributed by atoms with Gasteiger partial charge in [0, 0.05) is 0 Å². The number of para-hydroxylation sites is 4. The van der Waals surface area contributed by atoms with Gasteiger partial charge in [-0.15, -0.1) is 0 Å². The van der Waals surface area contributed by atoms with Crippen LogP contribution in [0.25, 0.3) is 0 Å². The van der Waals surface area contributed by atoms with Gasteiger partial charge >= 0.3 is 0 Å². The Morgan fingerprint density at radius 1 is 1.19 bits per heavy atom. The fourth-order valence-corrected chi connectivity index (χ4v) is 3.48. The van der Waals surface area contributed by atoms with Crippen molar-refractivity contribution in [3.8, 4) is 11.5 Å². The fourth-order valence-electron chi connectivity index (χ4n) is 3.48. The van der Waals surface area contributed by atoms with Crippen molar-refractivity contribution in [1.82, 2.24) is 0 Å². The summed E-state index contributed by atoms with van der Waals surface area (Å²) >= 11 is 0. The number of carbonyl (C=O) groups is 1. The van der Waals surface area contributed by atoms with Crippen LogP contribution in [0.3, 0.4) is 0 Å². The van der Waals surface area contributed by atoms with Gasteiger partial charge in [-0.25, -0.2) is 0 Å². The van der Waals surface area contributed by atoms with Crippen LogP contribution in [-0.2, 0) is 4.79 Å². The first-order valence-electron chi connectivity index (χ1n) is 9.50.